The summed E-state index contributed by atoms with van der Waals surface area (Å²) < 4.78 is 11.0. The zero-order valence-electron chi connectivity index (χ0n) is 11.1. The predicted octanol–water partition coefficient (Wildman–Crippen LogP) is 2.39. The summed E-state index contributed by atoms with van der Waals surface area (Å²) in [7, 11) is 1.87. The molecule has 0 bridgehead atoms. The molecule has 2 aromatic rings. The molecule has 0 spiro atoms. The zero-order chi connectivity index (χ0) is 13.5. The fourth-order valence-electron chi connectivity index (χ4n) is 1.58. The van der Waals surface area contributed by atoms with E-state index in [2.05, 4.69) is 15.3 Å². The molecule has 100 valence electrons. The maximum atomic E-state index is 5.62. The van der Waals surface area contributed by atoms with Gasteiger partial charge in [-0.25, -0.2) is 4.98 Å². The summed E-state index contributed by atoms with van der Waals surface area (Å²) in [6.07, 6.45) is 3.30. The van der Waals surface area contributed by atoms with Gasteiger partial charge >= 0.3 is 0 Å². The third kappa shape index (κ3) is 3.93. The first kappa shape index (κ1) is 13.3. The van der Waals surface area contributed by atoms with Gasteiger partial charge in [0.05, 0.1) is 24.7 Å². The van der Waals surface area contributed by atoms with E-state index < -0.39 is 0 Å². The van der Waals surface area contributed by atoms with Gasteiger partial charge in [0.2, 0.25) is 5.88 Å². The first-order valence-corrected chi connectivity index (χ1v) is 6.18. The van der Waals surface area contributed by atoms with Gasteiger partial charge in [0.1, 0.15) is 11.5 Å². The molecular formula is C14H17N3O2. The molecule has 0 atom stereocenters. The average Bonchev–Trinajstić information content (AvgIpc) is 2.42. The topological polar surface area (TPSA) is 56.3 Å². The number of hydrogen-bond acceptors (Lipinski definition) is 5. The molecule has 0 amide bonds. The number of hydrogen-bond donors (Lipinski definition) is 1. The molecule has 0 aliphatic carbocycles. The van der Waals surface area contributed by atoms with Crippen molar-refractivity contribution in [2.24, 2.45) is 0 Å². The molecule has 0 saturated heterocycles. The van der Waals surface area contributed by atoms with Crippen molar-refractivity contribution in [2.75, 3.05) is 13.7 Å². The van der Waals surface area contributed by atoms with Crippen LogP contribution in [0, 0.1) is 0 Å². The minimum atomic E-state index is 0.466. The second kappa shape index (κ2) is 6.70. The smallest absolute Gasteiger partial charge is 0.237 e. The second-order valence-electron chi connectivity index (χ2n) is 3.89. The van der Waals surface area contributed by atoms with Gasteiger partial charge in [-0.3, -0.25) is 4.98 Å². The van der Waals surface area contributed by atoms with Crippen LogP contribution in [-0.2, 0) is 6.54 Å². The number of benzene rings is 1. The molecule has 1 aromatic carbocycles. The monoisotopic (exact) mass is 259 g/mol. The summed E-state index contributed by atoms with van der Waals surface area (Å²) in [5, 5.41) is 3.01. The van der Waals surface area contributed by atoms with Crippen LogP contribution in [0.3, 0.4) is 0 Å². The number of ether oxygens (including phenoxy) is 2. The first-order valence-electron chi connectivity index (χ1n) is 6.18. The van der Waals surface area contributed by atoms with E-state index in [1.165, 1.54) is 0 Å². The number of nitrogens with zero attached hydrogens (tertiary/aromatic N) is 2. The molecule has 0 aliphatic heterocycles. The van der Waals surface area contributed by atoms with Gasteiger partial charge in [0, 0.05) is 12.6 Å². The minimum absolute atomic E-state index is 0.466. The largest absolute Gasteiger partial charge is 0.494 e. The Balaban J connectivity index is 2.05. The van der Waals surface area contributed by atoms with Crippen LogP contribution in [0.4, 0.5) is 0 Å². The summed E-state index contributed by atoms with van der Waals surface area (Å²) in [4.78, 5) is 8.44. The van der Waals surface area contributed by atoms with Crippen molar-refractivity contribution in [2.45, 2.75) is 13.5 Å². The fraction of sp³-hybridized carbons (Fsp3) is 0.286. The highest BCUT2D eigenvalue weighted by atomic mass is 16.5. The molecule has 2 rings (SSSR count). The number of rotatable bonds is 6. The molecule has 0 saturated carbocycles. The van der Waals surface area contributed by atoms with Crippen molar-refractivity contribution in [3.63, 3.8) is 0 Å². The molecule has 5 nitrogen and oxygen atoms in total. The summed E-state index contributed by atoms with van der Waals surface area (Å²) in [6, 6.07) is 7.44. The molecule has 0 fully saturated rings. The van der Waals surface area contributed by atoms with Crippen LogP contribution in [0.15, 0.2) is 36.7 Å². The quantitative estimate of drug-likeness (QED) is 0.863. The van der Waals surface area contributed by atoms with Crippen molar-refractivity contribution in [1.29, 1.82) is 0 Å². The van der Waals surface area contributed by atoms with Gasteiger partial charge in [-0.1, -0.05) is 6.07 Å². The summed E-state index contributed by atoms with van der Waals surface area (Å²) in [6.45, 7) is 3.26. The van der Waals surface area contributed by atoms with Crippen LogP contribution in [0.5, 0.6) is 17.4 Å². The minimum Gasteiger partial charge on any atom is -0.494 e. The Morgan fingerprint density at radius 1 is 1.16 bits per heavy atom. The fourth-order valence-corrected chi connectivity index (χ4v) is 1.58. The molecule has 1 aromatic heterocycles. The normalized spacial score (nSPS) is 10.2. The Morgan fingerprint density at radius 3 is 2.68 bits per heavy atom. The summed E-state index contributed by atoms with van der Waals surface area (Å²) in [5.41, 5.74) is 0.873. The lowest BCUT2D eigenvalue weighted by atomic mass is 10.3. The van der Waals surface area contributed by atoms with Gasteiger partial charge in [-0.05, 0) is 26.1 Å². The Morgan fingerprint density at radius 2 is 2.00 bits per heavy atom. The van der Waals surface area contributed by atoms with Crippen molar-refractivity contribution in [3.8, 4) is 17.4 Å². The third-order valence-corrected chi connectivity index (χ3v) is 2.38. The maximum absolute atomic E-state index is 5.62. The number of aromatic nitrogens is 2. The van der Waals surface area contributed by atoms with Crippen molar-refractivity contribution in [3.05, 3.63) is 42.4 Å². The first-order chi connectivity index (χ1) is 9.31. The zero-order valence-corrected chi connectivity index (χ0v) is 11.1. The summed E-state index contributed by atoms with van der Waals surface area (Å²) in [5.74, 6) is 1.93. The van der Waals surface area contributed by atoms with E-state index in [1.54, 1.807) is 12.4 Å². The molecule has 1 heterocycles. The Hall–Kier alpha value is -2.14. The van der Waals surface area contributed by atoms with Crippen molar-refractivity contribution < 1.29 is 9.47 Å². The Bertz CT molecular complexity index is 514. The lowest BCUT2D eigenvalue weighted by Gasteiger charge is -2.07. The van der Waals surface area contributed by atoms with E-state index in [0.29, 0.717) is 24.8 Å². The highest BCUT2D eigenvalue weighted by Gasteiger charge is 2.02. The van der Waals surface area contributed by atoms with Crippen molar-refractivity contribution >= 4 is 0 Å². The van der Waals surface area contributed by atoms with Crippen LogP contribution < -0.4 is 14.8 Å². The van der Waals surface area contributed by atoms with E-state index in [4.69, 9.17) is 9.47 Å². The average molecular weight is 259 g/mol. The Labute approximate surface area is 112 Å². The van der Waals surface area contributed by atoms with Gasteiger partial charge in [0.25, 0.3) is 0 Å². The van der Waals surface area contributed by atoms with Gasteiger partial charge in [-0.15, -0.1) is 0 Å². The molecule has 19 heavy (non-hydrogen) atoms. The van der Waals surface area contributed by atoms with E-state index in [9.17, 15) is 0 Å². The van der Waals surface area contributed by atoms with Gasteiger partial charge in [0.15, 0.2) is 0 Å². The predicted molar refractivity (Wildman–Crippen MR) is 72.5 cm³/mol. The molecule has 1 N–H and O–H groups in total. The third-order valence-electron chi connectivity index (χ3n) is 2.38. The second-order valence-corrected chi connectivity index (χ2v) is 3.89. The van der Waals surface area contributed by atoms with Gasteiger partial charge in [-0.2, -0.15) is 0 Å². The molecule has 0 unspecified atom stereocenters. The SMILES string of the molecule is CCOc1cccc(Oc2cnc(CNC)cn2)c1. The van der Waals surface area contributed by atoms with E-state index in [1.807, 2.05) is 38.2 Å². The maximum Gasteiger partial charge on any atom is 0.237 e. The van der Waals surface area contributed by atoms with Crippen LogP contribution in [0.25, 0.3) is 0 Å². The lowest BCUT2D eigenvalue weighted by molar-refractivity contribution is 0.338. The van der Waals surface area contributed by atoms with E-state index in [0.717, 1.165) is 11.4 Å². The van der Waals surface area contributed by atoms with E-state index in [-0.39, 0.29) is 0 Å². The Kier molecular flexibility index (Phi) is 4.69. The van der Waals surface area contributed by atoms with Crippen LogP contribution >= 0.6 is 0 Å². The molecular weight excluding hydrogens is 242 g/mol. The standard InChI is InChI=1S/C14H17N3O2/c1-3-18-12-5-4-6-13(7-12)19-14-10-16-11(8-15-2)9-17-14/h4-7,9-10,15H,3,8H2,1-2H3. The van der Waals surface area contributed by atoms with Crippen molar-refractivity contribution in [1.82, 2.24) is 15.3 Å². The molecule has 0 aliphatic rings. The number of nitrogens with one attached hydrogen (secondary N) is 1. The van der Waals surface area contributed by atoms with Crippen LogP contribution in [0.1, 0.15) is 12.6 Å². The molecule has 5 heteroatoms. The van der Waals surface area contributed by atoms with Crippen LogP contribution in [-0.4, -0.2) is 23.6 Å². The summed E-state index contributed by atoms with van der Waals surface area (Å²) >= 11 is 0. The molecule has 0 radical (unpaired) electrons. The lowest BCUT2D eigenvalue weighted by Crippen LogP contribution is -2.07. The highest BCUT2D eigenvalue weighted by molar-refractivity contribution is 5.34. The van der Waals surface area contributed by atoms with Gasteiger partial charge < -0.3 is 14.8 Å². The highest BCUT2D eigenvalue weighted by Crippen LogP contribution is 2.23. The van der Waals surface area contributed by atoms with E-state index >= 15 is 0 Å². The van der Waals surface area contributed by atoms with Crippen LogP contribution in [0.2, 0.25) is 0 Å².